The van der Waals surface area contributed by atoms with Crippen LogP contribution in [-0.4, -0.2) is 25.5 Å². The van der Waals surface area contributed by atoms with Crippen LogP contribution in [0.25, 0.3) is 0 Å². The van der Waals surface area contributed by atoms with Crippen molar-refractivity contribution in [1.82, 2.24) is 4.72 Å². The Bertz CT molecular complexity index is 662. The molecule has 0 amide bonds. The van der Waals surface area contributed by atoms with Gasteiger partial charge in [0.1, 0.15) is 0 Å². The van der Waals surface area contributed by atoms with E-state index in [4.69, 9.17) is 5.11 Å². The Balaban J connectivity index is 2.11. The minimum absolute atomic E-state index is 0.308. The number of benzene rings is 1. The summed E-state index contributed by atoms with van der Waals surface area (Å²) in [5.74, 6) is -6.35. The van der Waals surface area contributed by atoms with Gasteiger partial charge in [-0.05, 0) is 37.8 Å². The Morgan fingerprint density at radius 2 is 1.59 bits per heavy atom. The van der Waals surface area contributed by atoms with Gasteiger partial charge in [0.25, 0.3) is 0 Å². The summed E-state index contributed by atoms with van der Waals surface area (Å²) in [5, 5.41) is 8.86. The highest BCUT2D eigenvalue weighted by Gasteiger charge is 2.29. The highest BCUT2D eigenvalue weighted by molar-refractivity contribution is 7.89. The van der Waals surface area contributed by atoms with E-state index in [0.717, 1.165) is 0 Å². The molecule has 9 heteroatoms. The van der Waals surface area contributed by atoms with Crippen molar-refractivity contribution >= 4 is 16.0 Å². The number of hydrogen-bond acceptors (Lipinski definition) is 3. The molecule has 0 radical (unpaired) electrons. The lowest BCUT2D eigenvalue weighted by Gasteiger charge is -2.26. The number of sulfonamides is 1. The van der Waals surface area contributed by atoms with Crippen molar-refractivity contribution in [2.24, 2.45) is 5.92 Å². The Morgan fingerprint density at radius 3 is 2.05 bits per heavy atom. The Morgan fingerprint density at radius 1 is 1.09 bits per heavy atom. The molecule has 1 fully saturated rings. The standard InChI is InChI=1S/C13H14F3NO4S/c14-10-5-9(6-11(15)12(10)16)22(20,21)17-8-3-1-7(2-4-8)13(18)19/h5-8,17H,1-4H2,(H,18,19). The first kappa shape index (κ1) is 16.8. The fourth-order valence-electron chi connectivity index (χ4n) is 2.43. The fraction of sp³-hybridized carbons (Fsp3) is 0.462. The third-order valence-corrected chi connectivity index (χ3v) is 5.17. The van der Waals surface area contributed by atoms with Gasteiger partial charge in [-0.1, -0.05) is 0 Å². The van der Waals surface area contributed by atoms with E-state index in [9.17, 15) is 26.4 Å². The summed E-state index contributed by atoms with van der Waals surface area (Å²) in [6, 6.07) is 0.296. The summed E-state index contributed by atoms with van der Waals surface area (Å²) < 4.78 is 65.5. The van der Waals surface area contributed by atoms with Crippen molar-refractivity contribution in [2.45, 2.75) is 36.6 Å². The molecule has 1 aromatic rings. The van der Waals surface area contributed by atoms with Crippen LogP contribution in [-0.2, 0) is 14.8 Å². The zero-order valence-corrected chi connectivity index (χ0v) is 12.2. The lowest BCUT2D eigenvalue weighted by Crippen LogP contribution is -2.38. The van der Waals surface area contributed by atoms with Crippen LogP contribution < -0.4 is 4.72 Å². The quantitative estimate of drug-likeness (QED) is 0.824. The van der Waals surface area contributed by atoms with Crippen LogP contribution in [0.1, 0.15) is 25.7 Å². The van der Waals surface area contributed by atoms with Crippen molar-refractivity contribution in [3.05, 3.63) is 29.6 Å². The Labute approximate surface area is 125 Å². The maximum absolute atomic E-state index is 13.1. The molecule has 0 heterocycles. The molecule has 122 valence electrons. The molecule has 1 aliphatic rings. The van der Waals surface area contributed by atoms with E-state index in [1.54, 1.807) is 0 Å². The van der Waals surface area contributed by atoms with E-state index < -0.39 is 50.3 Å². The maximum atomic E-state index is 13.1. The number of nitrogens with one attached hydrogen (secondary N) is 1. The van der Waals surface area contributed by atoms with Crippen LogP contribution >= 0.6 is 0 Å². The summed E-state index contributed by atoms with van der Waals surface area (Å²) >= 11 is 0. The highest BCUT2D eigenvalue weighted by atomic mass is 32.2. The Hall–Kier alpha value is -1.61. The first-order chi connectivity index (χ1) is 10.2. The van der Waals surface area contributed by atoms with E-state index in [1.165, 1.54) is 0 Å². The van der Waals surface area contributed by atoms with Crippen molar-refractivity contribution in [2.75, 3.05) is 0 Å². The first-order valence-electron chi connectivity index (χ1n) is 6.60. The fourth-order valence-corrected chi connectivity index (χ4v) is 3.76. The second kappa shape index (κ2) is 6.25. The maximum Gasteiger partial charge on any atom is 0.306 e. The third-order valence-electron chi connectivity index (χ3n) is 3.67. The van der Waals surface area contributed by atoms with Gasteiger partial charge in [0.05, 0.1) is 10.8 Å². The second-order valence-electron chi connectivity index (χ2n) is 5.21. The number of aliphatic carboxylic acids is 1. The molecule has 22 heavy (non-hydrogen) atoms. The van der Waals surface area contributed by atoms with Gasteiger partial charge in [-0.25, -0.2) is 26.3 Å². The lowest BCUT2D eigenvalue weighted by atomic mass is 9.87. The van der Waals surface area contributed by atoms with E-state index in [0.29, 0.717) is 37.8 Å². The average molecular weight is 337 g/mol. The minimum Gasteiger partial charge on any atom is -0.481 e. The number of carbonyl (C=O) groups is 1. The van der Waals surface area contributed by atoms with Crippen molar-refractivity contribution < 1.29 is 31.5 Å². The number of carboxylic acids is 1. The molecule has 0 aromatic heterocycles. The van der Waals surface area contributed by atoms with Crippen LogP contribution in [0.15, 0.2) is 17.0 Å². The molecule has 0 atom stereocenters. The molecule has 2 rings (SSSR count). The molecule has 0 unspecified atom stereocenters. The molecule has 1 aliphatic carbocycles. The monoisotopic (exact) mass is 337 g/mol. The number of halogens is 3. The predicted molar refractivity (Wildman–Crippen MR) is 70.0 cm³/mol. The predicted octanol–water partition coefficient (Wildman–Crippen LogP) is 2.03. The molecule has 2 N–H and O–H groups in total. The summed E-state index contributed by atoms with van der Waals surface area (Å²) in [5.41, 5.74) is 0. The van der Waals surface area contributed by atoms with E-state index in [2.05, 4.69) is 4.72 Å². The highest BCUT2D eigenvalue weighted by Crippen LogP contribution is 2.26. The summed E-state index contributed by atoms with van der Waals surface area (Å²) in [4.78, 5) is 10.1. The SMILES string of the molecule is O=C(O)C1CCC(NS(=O)(=O)c2cc(F)c(F)c(F)c2)CC1. The van der Waals surface area contributed by atoms with Gasteiger partial charge in [-0.15, -0.1) is 0 Å². The molecule has 1 aromatic carbocycles. The normalized spacial score (nSPS) is 22.5. The summed E-state index contributed by atoms with van der Waals surface area (Å²) in [7, 11) is -4.20. The van der Waals surface area contributed by atoms with Gasteiger partial charge in [-0.3, -0.25) is 4.79 Å². The molecule has 0 saturated heterocycles. The molecular formula is C13H14F3NO4S. The van der Waals surface area contributed by atoms with Crippen molar-refractivity contribution in [1.29, 1.82) is 0 Å². The van der Waals surface area contributed by atoms with Crippen molar-refractivity contribution in [3.8, 4) is 0 Å². The molecule has 1 saturated carbocycles. The number of carboxylic acid groups (broad SMARTS) is 1. The molecule has 5 nitrogen and oxygen atoms in total. The molecule has 0 bridgehead atoms. The van der Waals surface area contributed by atoms with Gasteiger partial charge in [0.2, 0.25) is 10.0 Å². The molecule has 0 aliphatic heterocycles. The molecule has 0 spiro atoms. The van der Waals surface area contributed by atoms with Gasteiger partial charge in [-0.2, -0.15) is 0 Å². The van der Waals surface area contributed by atoms with Crippen LogP contribution in [0.2, 0.25) is 0 Å². The lowest BCUT2D eigenvalue weighted by molar-refractivity contribution is -0.142. The van der Waals surface area contributed by atoms with Gasteiger partial charge < -0.3 is 5.11 Å². The average Bonchev–Trinajstić information content (AvgIpc) is 2.44. The zero-order valence-electron chi connectivity index (χ0n) is 11.4. The van der Waals surface area contributed by atoms with E-state index in [1.807, 2.05) is 0 Å². The second-order valence-corrected chi connectivity index (χ2v) is 6.92. The van der Waals surface area contributed by atoms with Gasteiger partial charge in [0, 0.05) is 6.04 Å². The largest absolute Gasteiger partial charge is 0.481 e. The topological polar surface area (TPSA) is 83.5 Å². The van der Waals surface area contributed by atoms with Crippen LogP contribution in [0.5, 0.6) is 0 Å². The van der Waals surface area contributed by atoms with Crippen molar-refractivity contribution in [3.63, 3.8) is 0 Å². The first-order valence-corrected chi connectivity index (χ1v) is 8.08. The van der Waals surface area contributed by atoms with Crippen LogP contribution in [0.4, 0.5) is 13.2 Å². The number of rotatable bonds is 4. The van der Waals surface area contributed by atoms with E-state index in [-0.39, 0.29) is 0 Å². The number of hydrogen-bond donors (Lipinski definition) is 2. The van der Waals surface area contributed by atoms with Crippen LogP contribution in [0.3, 0.4) is 0 Å². The van der Waals surface area contributed by atoms with E-state index >= 15 is 0 Å². The summed E-state index contributed by atoms with van der Waals surface area (Å²) in [6.45, 7) is 0. The summed E-state index contributed by atoms with van der Waals surface area (Å²) in [6.07, 6.45) is 1.24. The van der Waals surface area contributed by atoms with Crippen LogP contribution in [0, 0.1) is 23.4 Å². The zero-order chi connectivity index (χ0) is 16.5. The Kier molecular flexibility index (Phi) is 4.76. The van der Waals surface area contributed by atoms with Gasteiger partial charge >= 0.3 is 5.97 Å². The molecular weight excluding hydrogens is 323 g/mol. The minimum atomic E-state index is -4.20. The smallest absolute Gasteiger partial charge is 0.306 e. The third kappa shape index (κ3) is 3.58. The van der Waals surface area contributed by atoms with Gasteiger partial charge in [0.15, 0.2) is 17.5 Å².